The van der Waals surface area contributed by atoms with E-state index in [4.69, 9.17) is 0 Å². The summed E-state index contributed by atoms with van der Waals surface area (Å²) in [5, 5.41) is 6.42. The molecule has 6 heteroatoms. The minimum Gasteiger partial charge on any atom is -0.349 e. The molecule has 0 atom stereocenters. The molecule has 36 heavy (non-hydrogen) atoms. The second-order valence-electron chi connectivity index (χ2n) is 11.0. The van der Waals surface area contributed by atoms with Crippen LogP contribution in [0.25, 0.3) is 11.1 Å². The maximum Gasteiger partial charge on any atom is 0.251 e. The molecule has 2 fully saturated rings. The zero-order valence-corrected chi connectivity index (χ0v) is 22.3. The van der Waals surface area contributed by atoms with E-state index >= 15 is 0 Å². The van der Waals surface area contributed by atoms with Gasteiger partial charge in [0.05, 0.1) is 0 Å². The monoisotopic (exact) mass is 490 g/mol. The van der Waals surface area contributed by atoms with Gasteiger partial charge in [-0.1, -0.05) is 24.3 Å². The van der Waals surface area contributed by atoms with Gasteiger partial charge in [0.25, 0.3) is 11.8 Å². The van der Waals surface area contributed by atoms with Crippen molar-refractivity contribution in [3.05, 3.63) is 59.7 Å². The average molecular weight is 491 g/mol. The number of carbonyl (C=O) groups excluding carboxylic acids is 2. The largest absolute Gasteiger partial charge is 0.349 e. The van der Waals surface area contributed by atoms with Crippen molar-refractivity contribution >= 4 is 11.8 Å². The van der Waals surface area contributed by atoms with Crippen LogP contribution in [-0.4, -0.2) is 74.0 Å². The van der Waals surface area contributed by atoms with Gasteiger partial charge in [0.1, 0.15) is 0 Å². The van der Waals surface area contributed by atoms with Crippen molar-refractivity contribution in [1.82, 2.24) is 20.4 Å². The average Bonchev–Trinajstić information content (AvgIpc) is 2.89. The molecule has 0 aliphatic heterocycles. The van der Waals surface area contributed by atoms with Crippen LogP contribution in [0.15, 0.2) is 48.5 Å². The fourth-order valence-electron chi connectivity index (χ4n) is 5.64. The highest BCUT2D eigenvalue weighted by atomic mass is 16.2. The van der Waals surface area contributed by atoms with Gasteiger partial charge in [0, 0.05) is 35.3 Å². The molecule has 2 aromatic carbocycles. The number of benzene rings is 2. The summed E-state index contributed by atoms with van der Waals surface area (Å²) in [7, 11) is 8.52. The summed E-state index contributed by atoms with van der Waals surface area (Å²) < 4.78 is 0. The Hall–Kier alpha value is -2.70. The van der Waals surface area contributed by atoms with E-state index in [1.807, 2.05) is 48.5 Å². The fourth-order valence-corrected chi connectivity index (χ4v) is 5.64. The minimum atomic E-state index is 0.00138. The molecule has 2 aliphatic rings. The van der Waals surface area contributed by atoms with E-state index in [1.54, 1.807) is 0 Å². The Labute approximate surface area is 216 Å². The van der Waals surface area contributed by atoms with E-state index in [9.17, 15) is 9.59 Å². The quantitative estimate of drug-likeness (QED) is 0.597. The van der Waals surface area contributed by atoms with E-state index in [0.717, 1.165) is 62.5 Å². The molecular weight excluding hydrogens is 448 g/mol. The molecule has 2 N–H and O–H groups in total. The summed E-state index contributed by atoms with van der Waals surface area (Å²) >= 11 is 0. The van der Waals surface area contributed by atoms with Crippen molar-refractivity contribution in [2.45, 2.75) is 75.5 Å². The van der Waals surface area contributed by atoms with Crippen LogP contribution >= 0.6 is 0 Å². The first kappa shape index (κ1) is 26.4. The highest BCUT2D eigenvalue weighted by Crippen LogP contribution is 2.24. The molecule has 194 valence electrons. The molecule has 0 bridgehead atoms. The zero-order valence-electron chi connectivity index (χ0n) is 22.3. The number of hydrogen-bond acceptors (Lipinski definition) is 4. The van der Waals surface area contributed by atoms with Crippen molar-refractivity contribution in [2.24, 2.45) is 0 Å². The molecule has 2 amide bonds. The van der Waals surface area contributed by atoms with Crippen LogP contribution in [0.3, 0.4) is 0 Å². The highest BCUT2D eigenvalue weighted by Gasteiger charge is 2.25. The summed E-state index contributed by atoms with van der Waals surface area (Å²) in [6, 6.07) is 17.3. The summed E-state index contributed by atoms with van der Waals surface area (Å²) in [4.78, 5) is 30.1. The Morgan fingerprint density at radius 1 is 0.556 bits per heavy atom. The molecule has 2 aromatic rings. The molecule has 0 unspecified atom stereocenters. The first-order valence-corrected chi connectivity index (χ1v) is 13.4. The van der Waals surface area contributed by atoms with Crippen LogP contribution in [-0.2, 0) is 0 Å². The minimum absolute atomic E-state index is 0.00138. The number of nitrogens with zero attached hydrogens (tertiary/aromatic N) is 2. The second-order valence-corrected chi connectivity index (χ2v) is 11.0. The molecule has 4 rings (SSSR count). The molecule has 0 saturated heterocycles. The standard InChI is InChI=1S/C30H42N4O2/c1-33(2)27-17-13-25(14-18-27)31-29(35)23-9-5-21(6-10-23)22-7-11-24(12-8-22)30(36)32-26-15-19-28(20-16-26)34(3)4/h5-12,25-28H,13-20H2,1-4H3,(H,31,35)(H,32,36). The molecule has 0 spiro atoms. The van der Waals surface area contributed by atoms with Gasteiger partial charge in [-0.2, -0.15) is 0 Å². The lowest BCUT2D eigenvalue weighted by Crippen LogP contribution is -2.41. The van der Waals surface area contributed by atoms with Crippen LogP contribution in [0.1, 0.15) is 72.1 Å². The zero-order chi connectivity index (χ0) is 25.7. The number of rotatable bonds is 7. The predicted octanol–water partition coefficient (Wildman–Crippen LogP) is 4.56. The molecule has 2 saturated carbocycles. The Morgan fingerprint density at radius 3 is 1.14 bits per heavy atom. The number of hydrogen-bond donors (Lipinski definition) is 2. The summed E-state index contributed by atoms with van der Waals surface area (Å²) in [6.45, 7) is 0. The third kappa shape index (κ3) is 6.74. The van der Waals surface area contributed by atoms with Gasteiger partial charge in [0.2, 0.25) is 0 Å². The van der Waals surface area contributed by atoms with E-state index < -0.39 is 0 Å². The Morgan fingerprint density at radius 2 is 0.861 bits per heavy atom. The van der Waals surface area contributed by atoms with Gasteiger partial charge in [0.15, 0.2) is 0 Å². The summed E-state index contributed by atoms with van der Waals surface area (Å²) in [5.74, 6) is 0.00275. The second kappa shape index (κ2) is 12.0. The van der Waals surface area contributed by atoms with Crippen LogP contribution in [0, 0.1) is 0 Å². The van der Waals surface area contributed by atoms with Crippen LogP contribution in [0.5, 0.6) is 0 Å². The van der Waals surface area contributed by atoms with Crippen molar-refractivity contribution in [1.29, 1.82) is 0 Å². The normalized spacial score (nSPS) is 24.5. The third-order valence-corrected chi connectivity index (χ3v) is 8.15. The van der Waals surface area contributed by atoms with Crippen molar-refractivity contribution in [2.75, 3.05) is 28.2 Å². The molecule has 2 aliphatic carbocycles. The predicted molar refractivity (Wildman–Crippen MR) is 146 cm³/mol. The van der Waals surface area contributed by atoms with Crippen LogP contribution in [0.4, 0.5) is 0 Å². The van der Waals surface area contributed by atoms with E-state index in [0.29, 0.717) is 23.2 Å². The topological polar surface area (TPSA) is 64.7 Å². The lowest BCUT2D eigenvalue weighted by molar-refractivity contribution is 0.0908. The smallest absolute Gasteiger partial charge is 0.251 e. The van der Waals surface area contributed by atoms with E-state index in [1.165, 1.54) is 0 Å². The molecule has 0 aromatic heterocycles. The van der Waals surface area contributed by atoms with Gasteiger partial charge in [-0.25, -0.2) is 0 Å². The first-order valence-electron chi connectivity index (χ1n) is 13.4. The number of carbonyl (C=O) groups is 2. The van der Waals surface area contributed by atoms with Gasteiger partial charge in [-0.3, -0.25) is 9.59 Å². The SMILES string of the molecule is CN(C)C1CCC(NC(=O)c2ccc(-c3ccc(C(=O)NC4CCC(N(C)C)CC4)cc3)cc2)CC1. The lowest BCUT2D eigenvalue weighted by Gasteiger charge is -2.33. The van der Waals surface area contributed by atoms with Gasteiger partial charge in [-0.15, -0.1) is 0 Å². The van der Waals surface area contributed by atoms with Gasteiger partial charge in [-0.05, 0) is 115 Å². The third-order valence-electron chi connectivity index (χ3n) is 8.15. The van der Waals surface area contributed by atoms with Crippen molar-refractivity contribution in [3.63, 3.8) is 0 Å². The maximum atomic E-state index is 12.7. The first-order chi connectivity index (χ1) is 17.3. The molecule has 6 nitrogen and oxygen atoms in total. The number of nitrogens with one attached hydrogen (secondary N) is 2. The van der Waals surface area contributed by atoms with E-state index in [2.05, 4.69) is 48.6 Å². The van der Waals surface area contributed by atoms with Gasteiger partial charge >= 0.3 is 0 Å². The lowest BCUT2D eigenvalue weighted by atomic mass is 9.90. The van der Waals surface area contributed by atoms with E-state index in [-0.39, 0.29) is 23.9 Å². The molecule has 0 heterocycles. The fraction of sp³-hybridized carbons (Fsp3) is 0.533. The Kier molecular flexibility index (Phi) is 8.81. The maximum absolute atomic E-state index is 12.7. The summed E-state index contributed by atoms with van der Waals surface area (Å²) in [6.07, 6.45) is 8.64. The highest BCUT2D eigenvalue weighted by molar-refractivity contribution is 5.96. The number of amides is 2. The van der Waals surface area contributed by atoms with Crippen LogP contribution < -0.4 is 10.6 Å². The summed E-state index contributed by atoms with van der Waals surface area (Å²) in [5.41, 5.74) is 3.45. The van der Waals surface area contributed by atoms with Crippen LogP contribution in [0.2, 0.25) is 0 Å². The van der Waals surface area contributed by atoms with Crippen molar-refractivity contribution in [3.8, 4) is 11.1 Å². The Balaban J connectivity index is 1.28. The Bertz CT molecular complexity index is 917. The van der Waals surface area contributed by atoms with Gasteiger partial charge < -0.3 is 20.4 Å². The molecular formula is C30H42N4O2. The molecule has 0 radical (unpaired) electrons. The van der Waals surface area contributed by atoms with Crippen molar-refractivity contribution < 1.29 is 9.59 Å².